The van der Waals surface area contributed by atoms with E-state index >= 15 is 0 Å². The lowest BCUT2D eigenvalue weighted by atomic mass is 9.54. The first-order valence-corrected chi connectivity index (χ1v) is 11.6. The number of nitrogens with zero attached hydrogens (tertiary/aromatic N) is 1. The van der Waals surface area contributed by atoms with Crippen molar-refractivity contribution < 1.29 is 9.59 Å². The molecule has 1 saturated heterocycles. The molecule has 0 radical (unpaired) electrons. The van der Waals surface area contributed by atoms with Gasteiger partial charge in [0.1, 0.15) is 9.75 Å². The van der Waals surface area contributed by atoms with Crippen LogP contribution in [0.15, 0.2) is 71.2 Å². The molecule has 1 heterocycles. The van der Waals surface area contributed by atoms with E-state index in [0.29, 0.717) is 5.69 Å². The van der Waals surface area contributed by atoms with Crippen LogP contribution in [0.2, 0.25) is 0 Å². The number of carbonyl (C=O) groups is 2. The number of carbonyl (C=O) groups excluding carboxylic acids is 2. The normalized spacial score (nSPS) is 30.3. The standard InChI is InChI=1S/C25H16BrCl2NO2/c1-13-12-14(10-11-19(13)26)29-22(30)20-21(23(29)31)25(28)16-7-3-2-6-15(16)24(20,27)17-8-4-5-9-18(17)25/h2-12,20-21H,1H3/t20-,21+,24?,25?. The summed E-state index contributed by atoms with van der Waals surface area (Å²) in [6.45, 7) is 1.92. The summed E-state index contributed by atoms with van der Waals surface area (Å²) in [4.78, 5) is 26.7. The van der Waals surface area contributed by atoms with Crippen LogP contribution < -0.4 is 4.90 Å². The van der Waals surface area contributed by atoms with E-state index < -0.39 is 21.6 Å². The van der Waals surface area contributed by atoms with Crippen molar-refractivity contribution in [2.45, 2.75) is 16.7 Å². The van der Waals surface area contributed by atoms with E-state index in [1.165, 1.54) is 4.90 Å². The smallest absolute Gasteiger partial charge is 0.240 e. The number of anilines is 1. The summed E-state index contributed by atoms with van der Waals surface area (Å²) in [5, 5.41) is 0. The highest BCUT2D eigenvalue weighted by Crippen LogP contribution is 2.69. The summed E-state index contributed by atoms with van der Waals surface area (Å²) in [5.74, 6) is -2.18. The molecule has 154 valence electrons. The molecule has 3 nitrogen and oxygen atoms in total. The lowest BCUT2D eigenvalue weighted by Gasteiger charge is -2.54. The van der Waals surface area contributed by atoms with Crippen molar-refractivity contribution in [1.82, 2.24) is 0 Å². The van der Waals surface area contributed by atoms with E-state index in [9.17, 15) is 9.59 Å². The van der Waals surface area contributed by atoms with Crippen LogP contribution in [-0.4, -0.2) is 11.8 Å². The van der Waals surface area contributed by atoms with Crippen molar-refractivity contribution in [3.05, 3.63) is 99.0 Å². The molecular weight excluding hydrogens is 497 g/mol. The second-order valence-electron chi connectivity index (χ2n) is 8.42. The van der Waals surface area contributed by atoms with Crippen LogP contribution in [0.4, 0.5) is 5.69 Å². The molecule has 0 aromatic heterocycles. The van der Waals surface area contributed by atoms with Gasteiger partial charge in [-0.2, -0.15) is 0 Å². The minimum Gasteiger partial charge on any atom is -0.274 e. The van der Waals surface area contributed by atoms with Gasteiger partial charge in [0, 0.05) is 4.47 Å². The van der Waals surface area contributed by atoms with Gasteiger partial charge in [-0.15, -0.1) is 23.2 Å². The van der Waals surface area contributed by atoms with Crippen LogP contribution in [0, 0.1) is 18.8 Å². The molecule has 2 amide bonds. The molecule has 0 N–H and O–H groups in total. The van der Waals surface area contributed by atoms with Gasteiger partial charge in [-0.05, 0) is 52.9 Å². The van der Waals surface area contributed by atoms with Crippen LogP contribution >= 0.6 is 39.1 Å². The number of benzene rings is 3. The lowest BCUT2D eigenvalue weighted by Crippen LogP contribution is -2.57. The molecule has 6 heteroatoms. The first-order valence-electron chi connectivity index (χ1n) is 10.0. The fourth-order valence-corrected chi connectivity index (χ4v) is 7.03. The van der Waals surface area contributed by atoms with E-state index in [4.69, 9.17) is 23.2 Å². The van der Waals surface area contributed by atoms with Crippen LogP contribution in [-0.2, 0) is 19.3 Å². The van der Waals surface area contributed by atoms with Gasteiger partial charge in [0.25, 0.3) is 0 Å². The van der Waals surface area contributed by atoms with E-state index in [-0.39, 0.29) is 11.8 Å². The predicted octanol–water partition coefficient (Wildman–Crippen LogP) is 5.86. The summed E-state index contributed by atoms with van der Waals surface area (Å²) in [5.41, 5.74) is 4.70. The highest BCUT2D eigenvalue weighted by Gasteiger charge is 2.73. The summed E-state index contributed by atoms with van der Waals surface area (Å²) >= 11 is 18.3. The molecular formula is C25H16BrCl2NO2. The van der Waals surface area contributed by atoms with Crippen molar-refractivity contribution in [1.29, 1.82) is 0 Å². The van der Waals surface area contributed by atoms with Crippen LogP contribution in [0.5, 0.6) is 0 Å². The molecule has 7 rings (SSSR count). The zero-order valence-electron chi connectivity index (χ0n) is 16.4. The SMILES string of the molecule is Cc1cc(N2C(=O)[C@@H]3[C@H](C2=O)C2(Cl)c4ccccc4C3(Cl)c3ccccc32)ccc1Br. The van der Waals surface area contributed by atoms with Gasteiger partial charge in [-0.3, -0.25) is 9.59 Å². The summed E-state index contributed by atoms with van der Waals surface area (Å²) in [7, 11) is 0. The van der Waals surface area contributed by atoms with Crippen LogP contribution in [0.1, 0.15) is 27.8 Å². The lowest BCUT2D eigenvalue weighted by molar-refractivity contribution is -0.122. The largest absolute Gasteiger partial charge is 0.274 e. The molecule has 1 fully saturated rings. The van der Waals surface area contributed by atoms with Gasteiger partial charge in [0.2, 0.25) is 11.8 Å². The topological polar surface area (TPSA) is 37.4 Å². The van der Waals surface area contributed by atoms with Gasteiger partial charge in [-0.1, -0.05) is 64.5 Å². The molecule has 0 unspecified atom stereocenters. The van der Waals surface area contributed by atoms with Crippen molar-refractivity contribution in [2.24, 2.45) is 11.8 Å². The number of hydrogen-bond acceptors (Lipinski definition) is 2. The Morgan fingerprint density at radius 2 is 1.19 bits per heavy atom. The number of hydrogen-bond donors (Lipinski definition) is 0. The molecule has 4 aliphatic rings. The molecule has 3 aliphatic carbocycles. The molecule has 2 bridgehead atoms. The molecule has 3 aromatic carbocycles. The Morgan fingerprint density at radius 3 is 1.58 bits per heavy atom. The number of amides is 2. The molecule has 0 spiro atoms. The number of alkyl halides is 2. The summed E-state index contributed by atoms with van der Waals surface area (Å²) in [6, 6.07) is 20.8. The monoisotopic (exact) mass is 511 g/mol. The van der Waals surface area contributed by atoms with Gasteiger partial charge in [-0.25, -0.2) is 4.90 Å². The summed E-state index contributed by atoms with van der Waals surface area (Å²) < 4.78 is 0.912. The molecule has 2 atom stereocenters. The highest BCUT2D eigenvalue weighted by molar-refractivity contribution is 9.10. The third-order valence-electron chi connectivity index (χ3n) is 6.99. The van der Waals surface area contributed by atoms with E-state index in [0.717, 1.165) is 32.3 Å². The number of imide groups is 1. The maximum Gasteiger partial charge on any atom is 0.240 e. The quantitative estimate of drug-likeness (QED) is 0.302. The van der Waals surface area contributed by atoms with Crippen molar-refractivity contribution in [3.63, 3.8) is 0 Å². The fraction of sp³-hybridized carbons (Fsp3) is 0.200. The second-order valence-corrected chi connectivity index (χ2v) is 10.5. The van der Waals surface area contributed by atoms with E-state index in [1.807, 2.05) is 67.6 Å². The van der Waals surface area contributed by atoms with Gasteiger partial charge >= 0.3 is 0 Å². The summed E-state index contributed by atoms with van der Waals surface area (Å²) in [6.07, 6.45) is 0. The zero-order chi connectivity index (χ0) is 21.7. The minimum atomic E-state index is -1.15. The van der Waals surface area contributed by atoms with Crippen molar-refractivity contribution in [3.8, 4) is 0 Å². The van der Waals surface area contributed by atoms with Crippen molar-refractivity contribution >= 4 is 56.6 Å². The average Bonchev–Trinajstić information content (AvgIpc) is 3.05. The highest BCUT2D eigenvalue weighted by atomic mass is 79.9. The molecule has 1 aliphatic heterocycles. The first kappa shape index (κ1) is 19.5. The van der Waals surface area contributed by atoms with Crippen LogP contribution in [0.25, 0.3) is 0 Å². The van der Waals surface area contributed by atoms with E-state index in [1.54, 1.807) is 6.07 Å². The Hall–Kier alpha value is -2.14. The van der Waals surface area contributed by atoms with Gasteiger partial charge in [0.15, 0.2) is 0 Å². The fourth-order valence-electron chi connectivity index (χ4n) is 5.69. The Balaban J connectivity index is 1.65. The number of aryl methyl sites for hydroxylation is 1. The predicted molar refractivity (Wildman–Crippen MR) is 125 cm³/mol. The Kier molecular flexibility index (Phi) is 3.92. The van der Waals surface area contributed by atoms with E-state index in [2.05, 4.69) is 15.9 Å². The Morgan fingerprint density at radius 1 is 0.774 bits per heavy atom. The van der Waals surface area contributed by atoms with Crippen molar-refractivity contribution in [2.75, 3.05) is 4.90 Å². The third-order valence-corrected chi connectivity index (χ3v) is 9.16. The number of rotatable bonds is 1. The molecule has 31 heavy (non-hydrogen) atoms. The average molecular weight is 513 g/mol. The van der Waals surface area contributed by atoms with Crippen LogP contribution in [0.3, 0.4) is 0 Å². The Labute approximate surface area is 198 Å². The Bertz CT molecular complexity index is 1200. The first-order chi connectivity index (χ1) is 14.8. The zero-order valence-corrected chi connectivity index (χ0v) is 19.5. The third kappa shape index (κ3) is 2.16. The second kappa shape index (κ2) is 6.22. The maximum absolute atomic E-state index is 13.9. The number of halogens is 3. The minimum absolute atomic E-state index is 0.305. The van der Waals surface area contributed by atoms with Gasteiger partial charge < -0.3 is 0 Å². The molecule has 3 aromatic rings. The van der Waals surface area contributed by atoms with Gasteiger partial charge in [0.05, 0.1) is 17.5 Å². The maximum atomic E-state index is 13.9. The molecule has 0 saturated carbocycles.